The second-order valence-electron chi connectivity index (χ2n) is 8.98. The maximum absolute atomic E-state index is 13.4. The van der Waals surface area contributed by atoms with Crippen molar-refractivity contribution in [3.8, 4) is 0 Å². The molecule has 0 radical (unpaired) electrons. The monoisotopic (exact) mass is 432 g/mol. The first-order chi connectivity index (χ1) is 15.0. The lowest BCUT2D eigenvalue weighted by Crippen LogP contribution is -2.45. The summed E-state index contributed by atoms with van der Waals surface area (Å²) in [6.07, 6.45) is 5.43. The number of hydrogen-bond donors (Lipinski definition) is 0. The van der Waals surface area contributed by atoms with E-state index in [1.54, 1.807) is 48.5 Å². The van der Waals surface area contributed by atoms with Gasteiger partial charge in [0.2, 0.25) is 11.8 Å². The third-order valence-electron chi connectivity index (χ3n) is 7.44. The molecule has 2 aromatic carbocycles. The van der Waals surface area contributed by atoms with Gasteiger partial charge in [0.15, 0.2) is 0 Å². The number of nitrogens with zero attached hydrogens (tertiary/aromatic N) is 2. The number of anilines is 1. The molecular weight excluding hydrogens is 412 g/mol. The Labute approximate surface area is 185 Å². The Balaban J connectivity index is 1.34. The molecule has 6 atom stereocenters. The van der Waals surface area contributed by atoms with Crippen molar-refractivity contribution in [2.45, 2.75) is 6.42 Å². The van der Waals surface area contributed by atoms with Crippen LogP contribution in [0.25, 0.3) is 0 Å². The predicted molar refractivity (Wildman–Crippen MR) is 116 cm³/mol. The zero-order valence-corrected chi connectivity index (χ0v) is 17.5. The first-order valence-corrected chi connectivity index (χ1v) is 11.1. The van der Waals surface area contributed by atoms with Gasteiger partial charge in [-0.25, -0.2) is 0 Å². The summed E-state index contributed by atoms with van der Waals surface area (Å²) < 4.78 is 0. The molecule has 5 aliphatic rings. The highest BCUT2D eigenvalue weighted by Crippen LogP contribution is 2.65. The number of rotatable bonds is 4. The van der Waals surface area contributed by atoms with E-state index in [0.717, 1.165) is 6.42 Å². The summed E-state index contributed by atoms with van der Waals surface area (Å²) in [5.41, 5.74) is 1.09. The molecule has 1 heterocycles. The molecule has 2 bridgehead atoms. The van der Waals surface area contributed by atoms with Crippen molar-refractivity contribution in [1.82, 2.24) is 4.90 Å². The van der Waals surface area contributed by atoms with Crippen LogP contribution in [0.1, 0.15) is 16.8 Å². The molecule has 0 unspecified atom stereocenters. The normalized spacial score (nSPS) is 32.1. The van der Waals surface area contributed by atoms with Gasteiger partial charge in [0.05, 0.1) is 11.8 Å². The Hall–Kier alpha value is -2.92. The van der Waals surface area contributed by atoms with Crippen molar-refractivity contribution in [2.75, 3.05) is 11.6 Å². The Kier molecular flexibility index (Phi) is 4.12. The third-order valence-corrected chi connectivity index (χ3v) is 7.69. The van der Waals surface area contributed by atoms with Crippen LogP contribution in [0.3, 0.4) is 0 Å². The zero-order chi connectivity index (χ0) is 21.3. The molecule has 0 aromatic heterocycles. The number of carbonyl (C=O) groups is 3. The fourth-order valence-electron chi connectivity index (χ4n) is 5.92. The summed E-state index contributed by atoms with van der Waals surface area (Å²) in [5, 5.41) is 0.553. The van der Waals surface area contributed by atoms with Crippen LogP contribution >= 0.6 is 11.6 Å². The third kappa shape index (κ3) is 2.79. The molecule has 3 fully saturated rings. The predicted octanol–water partition coefficient (Wildman–Crippen LogP) is 4.00. The number of allylic oxidation sites excluding steroid dienone is 2. The molecule has 156 valence electrons. The number of likely N-dealkylation sites (tertiary alicyclic amines) is 1. The molecule has 4 aliphatic carbocycles. The van der Waals surface area contributed by atoms with Gasteiger partial charge >= 0.3 is 0 Å². The summed E-state index contributed by atoms with van der Waals surface area (Å²) in [7, 11) is 0. The molecule has 2 aromatic rings. The first-order valence-electron chi connectivity index (χ1n) is 10.7. The van der Waals surface area contributed by atoms with Crippen molar-refractivity contribution < 1.29 is 14.4 Å². The summed E-state index contributed by atoms with van der Waals surface area (Å²) in [4.78, 5) is 43.0. The van der Waals surface area contributed by atoms with E-state index in [1.807, 2.05) is 6.07 Å². The van der Waals surface area contributed by atoms with E-state index in [-0.39, 0.29) is 48.1 Å². The molecule has 6 heteroatoms. The molecule has 1 aliphatic heterocycles. The Morgan fingerprint density at radius 2 is 1.48 bits per heavy atom. The van der Waals surface area contributed by atoms with E-state index < -0.39 is 0 Å². The number of hydrogen-bond acceptors (Lipinski definition) is 3. The average Bonchev–Trinajstić information content (AvgIpc) is 3.58. The molecule has 5 nitrogen and oxygen atoms in total. The lowest BCUT2D eigenvalue weighted by molar-refractivity contribution is -0.140. The Morgan fingerprint density at radius 1 is 0.903 bits per heavy atom. The molecule has 7 rings (SSSR count). The summed E-state index contributed by atoms with van der Waals surface area (Å²) in [5.74, 6) is 0.333. The van der Waals surface area contributed by atoms with Gasteiger partial charge < -0.3 is 0 Å². The average molecular weight is 433 g/mol. The minimum absolute atomic E-state index is 0.0885. The first kappa shape index (κ1) is 18.8. The molecule has 2 saturated carbocycles. The number of benzene rings is 2. The van der Waals surface area contributed by atoms with E-state index in [4.69, 9.17) is 11.6 Å². The van der Waals surface area contributed by atoms with E-state index in [0.29, 0.717) is 28.1 Å². The Morgan fingerprint density at radius 3 is 2.06 bits per heavy atom. The molecular formula is C25H21ClN2O3. The van der Waals surface area contributed by atoms with Crippen LogP contribution in [0.2, 0.25) is 5.02 Å². The molecule has 0 N–H and O–H groups in total. The number of amides is 3. The molecule has 31 heavy (non-hydrogen) atoms. The van der Waals surface area contributed by atoms with Crippen molar-refractivity contribution in [3.63, 3.8) is 0 Å². The lowest BCUT2D eigenvalue weighted by atomic mass is 9.63. The van der Waals surface area contributed by atoms with Gasteiger partial charge in [-0.1, -0.05) is 42.0 Å². The van der Waals surface area contributed by atoms with Crippen LogP contribution in [-0.2, 0) is 9.59 Å². The van der Waals surface area contributed by atoms with Gasteiger partial charge in [-0.05, 0) is 66.5 Å². The van der Waals surface area contributed by atoms with Gasteiger partial charge in [0.1, 0.15) is 6.67 Å². The zero-order valence-electron chi connectivity index (χ0n) is 16.7. The van der Waals surface area contributed by atoms with Crippen LogP contribution in [0.15, 0.2) is 66.7 Å². The van der Waals surface area contributed by atoms with Gasteiger partial charge in [0, 0.05) is 16.3 Å². The van der Waals surface area contributed by atoms with Gasteiger partial charge in [-0.15, -0.1) is 0 Å². The highest BCUT2D eigenvalue weighted by atomic mass is 35.5. The van der Waals surface area contributed by atoms with Crippen molar-refractivity contribution in [1.29, 1.82) is 0 Å². The minimum Gasteiger partial charge on any atom is -0.290 e. The van der Waals surface area contributed by atoms with E-state index in [2.05, 4.69) is 12.2 Å². The highest BCUT2D eigenvalue weighted by molar-refractivity contribution is 6.30. The van der Waals surface area contributed by atoms with Crippen LogP contribution in [0, 0.1) is 35.5 Å². The van der Waals surface area contributed by atoms with E-state index in [9.17, 15) is 14.4 Å². The van der Waals surface area contributed by atoms with Crippen LogP contribution in [0.4, 0.5) is 5.69 Å². The maximum Gasteiger partial charge on any atom is 0.259 e. The van der Waals surface area contributed by atoms with Gasteiger partial charge in [-0.3, -0.25) is 24.2 Å². The van der Waals surface area contributed by atoms with Crippen molar-refractivity contribution >= 4 is 35.0 Å². The van der Waals surface area contributed by atoms with Crippen LogP contribution in [-0.4, -0.2) is 29.3 Å². The van der Waals surface area contributed by atoms with Gasteiger partial charge in [-0.2, -0.15) is 0 Å². The van der Waals surface area contributed by atoms with Crippen molar-refractivity contribution in [2.24, 2.45) is 35.5 Å². The maximum atomic E-state index is 13.4. The summed E-state index contributed by atoms with van der Waals surface area (Å²) >= 11 is 6.04. The summed E-state index contributed by atoms with van der Waals surface area (Å²) in [6.45, 7) is -0.0885. The molecule has 3 amide bonds. The topological polar surface area (TPSA) is 57.7 Å². The number of halogens is 1. The summed E-state index contributed by atoms with van der Waals surface area (Å²) in [6, 6.07) is 15.8. The fraction of sp³-hybridized carbons (Fsp3) is 0.320. The number of carbonyl (C=O) groups excluding carboxylic acids is 3. The fourth-order valence-corrected chi connectivity index (χ4v) is 6.05. The second-order valence-corrected chi connectivity index (χ2v) is 9.41. The van der Waals surface area contributed by atoms with Crippen LogP contribution < -0.4 is 4.90 Å². The van der Waals surface area contributed by atoms with E-state index >= 15 is 0 Å². The largest absolute Gasteiger partial charge is 0.290 e. The minimum atomic E-state index is -0.273. The quantitative estimate of drug-likeness (QED) is 0.542. The van der Waals surface area contributed by atoms with Gasteiger partial charge in [0.25, 0.3) is 5.91 Å². The number of imide groups is 1. The lowest BCUT2D eigenvalue weighted by Gasteiger charge is -2.37. The smallest absolute Gasteiger partial charge is 0.259 e. The van der Waals surface area contributed by atoms with E-state index in [1.165, 1.54) is 9.80 Å². The SMILES string of the molecule is O=C1[C@@H]2[C@H]3C=C[C@H]([C@H]4C[C@H]34)[C@@H]2C(=O)N1CN(C(=O)c1ccccc1)c1ccc(Cl)cc1. The standard InChI is InChI=1S/C25H21ClN2O3/c26-15-6-8-16(9-7-15)27(23(29)14-4-2-1-3-5-14)13-28-24(30)21-17-10-11-18(20-12-19(17)20)22(21)25(28)31/h1-11,17-22H,12-13H2/t17-,18+,19-,20-,21+,22-/m1/s1. The highest BCUT2D eigenvalue weighted by Gasteiger charge is 2.67. The second kappa shape index (κ2) is 6.79. The Bertz CT molecular complexity index is 1080. The van der Waals surface area contributed by atoms with Crippen molar-refractivity contribution in [3.05, 3.63) is 77.3 Å². The van der Waals surface area contributed by atoms with Crippen LogP contribution in [0.5, 0.6) is 0 Å². The molecule has 1 saturated heterocycles. The molecule has 0 spiro atoms.